The van der Waals surface area contributed by atoms with Gasteiger partial charge in [-0.3, -0.25) is 9.78 Å². The van der Waals surface area contributed by atoms with Crippen LogP contribution in [-0.4, -0.2) is 16.9 Å². The SMILES string of the molecule is C[C@@H](NC(=O)Cc1ccccc1Cl)C1CCC(c2ccnc3ccc(F)cc23)CC1. The van der Waals surface area contributed by atoms with Gasteiger partial charge in [-0.15, -0.1) is 0 Å². The standard InChI is InChI=1S/C25H26ClFN2O/c1-16(29-25(30)14-19-4-2-3-5-23(19)26)17-6-8-18(9-7-17)21-12-13-28-24-11-10-20(27)15-22(21)24/h2-5,10-13,15-18H,6-9,14H2,1H3,(H,29,30)/t16-,17?,18?/m1/s1. The Bertz CT molecular complexity index is 1050. The van der Waals surface area contributed by atoms with Crippen molar-refractivity contribution in [3.05, 3.63) is 76.7 Å². The largest absolute Gasteiger partial charge is 0.353 e. The molecule has 1 aliphatic rings. The molecule has 1 aliphatic carbocycles. The topological polar surface area (TPSA) is 42.0 Å². The molecule has 0 unspecified atom stereocenters. The summed E-state index contributed by atoms with van der Waals surface area (Å²) in [5, 5.41) is 4.71. The van der Waals surface area contributed by atoms with E-state index in [0.717, 1.165) is 42.1 Å². The van der Waals surface area contributed by atoms with E-state index in [1.807, 2.05) is 36.5 Å². The average Bonchev–Trinajstić information content (AvgIpc) is 2.75. The number of amides is 1. The molecule has 5 heteroatoms. The Morgan fingerprint density at radius 1 is 1.17 bits per heavy atom. The van der Waals surface area contributed by atoms with Crippen molar-refractivity contribution in [3.63, 3.8) is 0 Å². The van der Waals surface area contributed by atoms with E-state index in [0.29, 0.717) is 23.3 Å². The molecule has 1 atom stereocenters. The molecule has 0 aliphatic heterocycles. The van der Waals surface area contributed by atoms with Crippen molar-refractivity contribution in [3.8, 4) is 0 Å². The number of nitrogens with one attached hydrogen (secondary N) is 1. The first kappa shape index (κ1) is 20.8. The highest BCUT2D eigenvalue weighted by atomic mass is 35.5. The van der Waals surface area contributed by atoms with Crippen LogP contribution in [-0.2, 0) is 11.2 Å². The van der Waals surface area contributed by atoms with Gasteiger partial charge >= 0.3 is 0 Å². The summed E-state index contributed by atoms with van der Waals surface area (Å²) in [6.45, 7) is 2.09. The van der Waals surface area contributed by atoms with Crippen molar-refractivity contribution in [2.45, 2.75) is 51.0 Å². The zero-order valence-electron chi connectivity index (χ0n) is 17.1. The molecule has 3 aromatic rings. The normalized spacial score (nSPS) is 20.1. The fourth-order valence-corrected chi connectivity index (χ4v) is 4.87. The number of aromatic nitrogens is 1. The molecule has 0 saturated heterocycles. The Morgan fingerprint density at radius 3 is 2.70 bits per heavy atom. The van der Waals surface area contributed by atoms with Gasteiger partial charge in [0.2, 0.25) is 5.91 Å². The number of benzene rings is 2. The summed E-state index contributed by atoms with van der Waals surface area (Å²) in [6.07, 6.45) is 6.26. The van der Waals surface area contributed by atoms with Gasteiger partial charge in [0.25, 0.3) is 0 Å². The molecule has 3 nitrogen and oxygen atoms in total. The number of carbonyl (C=O) groups is 1. The quantitative estimate of drug-likeness (QED) is 0.541. The van der Waals surface area contributed by atoms with Gasteiger partial charge in [0.15, 0.2) is 0 Å². The van der Waals surface area contributed by atoms with E-state index < -0.39 is 0 Å². The summed E-state index contributed by atoms with van der Waals surface area (Å²) in [5.41, 5.74) is 2.88. The Balaban J connectivity index is 1.36. The van der Waals surface area contributed by atoms with E-state index in [2.05, 4.69) is 17.2 Å². The Morgan fingerprint density at radius 2 is 1.93 bits per heavy atom. The van der Waals surface area contributed by atoms with E-state index in [1.54, 1.807) is 12.1 Å². The Hall–Kier alpha value is -2.46. The van der Waals surface area contributed by atoms with E-state index in [1.165, 1.54) is 11.6 Å². The maximum Gasteiger partial charge on any atom is 0.224 e. The van der Waals surface area contributed by atoms with Crippen LogP contribution in [0.1, 0.15) is 49.7 Å². The average molecular weight is 425 g/mol. The van der Waals surface area contributed by atoms with E-state index in [-0.39, 0.29) is 17.8 Å². The first-order valence-corrected chi connectivity index (χ1v) is 11.0. The minimum atomic E-state index is -0.222. The molecule has 1 aromatic heterocycles. The molecule has 0 spiro atoms. The monoisotopic (exact) mass is 424 g/mol. The second-order valence-electron chi connectivity index (χ2n) is 8.30. The van der Waals surface area contributed by atoms with Crippen LogP contribution in [0.2, 0.25) is 5.02 Å². The fraction of sp³-hybridized carbons (Fsp3) is 0.360. The van der Waals surface area contributed by atoms with Gasteiger partial charge in [0, 0.05) is 22.6 Å². The summed E-state index contributed by atoms with van der Waals surface area (Å²) in [4.78, 5) is 16.8. The number of rotatable bonds is 5. The van der Waals surface area contributed by atoms with E-state index in [9.17, 15) is 9.18 Å². The lowest BCUT2D eigenvalue weighted by atomic mass is 9.75. The maximum absolute atomic E-state index is 13.8. The van der Waals surface area contributed by atoms with Crippen LogP contribution in [0.5, 0.6) is 0 Å². The van der Waals surface area contributed by atoms with E-state index in [4.69, 9.17) is 11.6 Å². The van der Waals surface area contributed by atoms with Crippen LogP contribution in [0.3, 0.4) is 0 Å². The molecule has 30 heavy (non-hydrogen) atoms. The van der Waals surface area contributed by atoms with Crippen LogP contribution >= 0.6 is 11.6 Å². The molecule has 0 bridgehead atoms. The molecule has 4 rings (SSSR count). The van der Waals surface area contributed by atoms with Crippen LogP contribution in [0, 0.1) is 11.7 Å². The number of hydrogen-bond donors (Lipinski definition) is 1. The summed E-state index contributed by atoms with van der Waals surface area (Å²) in [6, 6.07) is 14.4. The predicted molar refractivity (Wildman–Crippen MR) is 119 cm³/mol. The lowest BCUT2D eigenvalue weighted by molar-refractivity contribution is -0.121. The van der Waals surface area contributed by atoms with Gasteiger partial charge in [0.1, 0.15) is 5.82 Å². The Kier molecular flexibility index (Phi) is 6.33. The van der Waals surface area contributed by atoms with Gasteiger partial charge in [-0.05, 0) is 85.9 Å². The van der Waals surface area contributed by atoms with Crippen molar-refractivity contribution in [2.75, 3.05) is 0 Å². The minimum Gasteiger partial charge on any atom is -0.353 e. The highest BCUT2D eigenvalue weighted by Crippen LogP contribution is 2.39. The number of pyridine rings is 1. The highest BCUT2D eigenvalue weighted by molar-refractivity contribution is 6.31. The Labute approximate surface area is 181 Å². The third kappa shape index (κ3) is 4.65. The van der Waals surface area contributed by atoms with Gasteiger partial charge in [-0.25, -0.2) is 4.39 Å². The fourth-order valence-electron chi connectivity index (χ4n) is 4.66. The molecular weight excluding hydrogens is 399 g/mol. The molecule has 1 fully saturated rings. The van der Waals surface area contributed by atoms with Crippen LogP contribution < -0.4 is 5.32 Å². The van der Waals surface area contributed by atoms with Crippen LogP contribution in [0.25, 0.3) is 10.9 Å². The second kappa shape index (κ2) is 9.13. The minimum absolute atomic E-state index is 0.00771. The van der Waals surface area contributed by atoms with Crippen molar-refractivity contribution < 1.29 is 9.18 Å². The molecule has 2 aromatic carbocycles. The molecule has 1 amide bonds. The highest BCUT2D eigenvalue weighted by Gasteiger charge is 2.28. The van der Waals surface area contributed by atoms with Crippen molar-refractivity contribution in [2.24, 2.45) is 5.92 Å². The maximum atomic E-state index is 13.8. The third-order valence-electron chi connectivity index (χ3n) is 6.35. The number of carbonyl (C=O) groups excluding carboxylic acids is 1. The van der Waals surface area contributed by atoms with Gasteiger partial charge < -0.3 is 5.32 Å². The lowest BCUT2D eigenvalue weighted by Gasteiger charge is -2.33. The summed E-state index contributed by atoms with van der Waals surface area (Å²) in [7, 11) is 0. The zero-order chi connectivity index (χ0) is 21.1. The van der Waals surface area contributed by atoms with E-state index >= 15 is 0 Å². The molecule has 1 saturated carbocycles. The number of halogens is 2. The molecule has 0 radical (unpaired) electrons. The predicted octanol–water partition coefficient (Wildman–Crippen LogP) is 6.05. The first-order chi connectivity index (χ1) is 14.5. The smallest absolute Gasteiger partial charge is 0.224 e. The van der Waals surface area contributed by atoms with Gasteiger partial charge in [-0.1, -0.05) is 29.8 Å². The molecular formula is C25H26ClFN2O. The van der Waals surface area contributed by atoms with Crippen molar-refractivity contribution in [1.29, 1.82) is 0 Å². The number of hydrogen-bond acceptors (Lipinski definition) is 2. The van der Waals surface area contributed by atoms with Crippen molar-refractivity contribution >= 4 is 28.4 Å². The van der Waals surface area contributed by atoms with Crippen LogP contribution in [0.15, 0.2) is 54.7 Å². The summed E-state index contributed by atoms with van der Waals surface area (Å²) < 4.78 is 13.8. The summed E-state index contributed by atoms with van der Waals surface area (Å²) in [5.74, 6) is 0.634. The summed E-state index contributed by atoms with van der Waals surface area (Å²) >= 11 is 6.17. The second-order valence-corrected chi connectivity index (χ2v) is 8.70. The zero-order valence-corrected chi connectivity index (χ0v) is 17.8. The number of nitrogens with zero attached hydrogens (tertiary/aromatic N) is 1. The number of fused-ring (bicyclic) bond motifs is 1. The molecule has 1 N–H and O–H groups in total. The van der Waals surface area contributed by atoms with Gasteiger partial charge in [-0.2, -0.15) is 0 Å². The third-order valence-corrected chi connectivity index (χ3v) is 6.72. The van der Waals surface area contributed by atoms with Crippen molar-refractivity contribution in [1.82, 2.24) is 10.3 Å². The molecule has 156 valence electrons. The molecule has 1 heterocycles. The first-order valence-electron chi connectivity index (χ1n) is 10.6. The lowest BCUT2D eigenvalue weighted by Crippen LogP contribution is -2.40. The van der Waals surface area contributed by atoms with Gasteiger partial charge in [0.05, 0.1) is 11.9 Å². The van der Waals surface area contributed by atoms with Crippen LogP contribution in [0.4, 0.5) is 4.39 Å².